The van der Waals surface area contributed by atoms with Gasteiger partial charge in [0, 0.05) is 0 Å². The van der Waals surface area contributed by atoms with Gasteiger partial charge >= 0.3 is 0 Å². The van der Waals surface area contributed by atoms with Crippen molar-refractivity contribution in [1.82, 2.24) is 0 Å². The van der Waals surface area contributed by atoms with Crippen molar-refractivity contribution >= 4 is 17.6 Å². The Kier molecular flexibility index (Phi) is 5.05. The largest absolute Gasteiger partial charge is 0.210 e. The van der Waals surface area contributed by atoms with Crippen LogP contribution in [0.15, 0.2) is 115 Å². The highest BCUT2D eigenvalue weighted by Gasteiger charge is 2.52. The monoisotopic (exact) mass is 474 g/mol. The first-order valence-corrected chi connectivity index (χ1v) is 13.7. The van der Waals surface area contributed by atoms with Gasteiger partial charge in [-0.05, 0) is 56.0 Å². The van der Waals surface area contributed by atoms with E-state index in [1.165, 1.54) is 61.0 Å². The molecule has 0 N–H and O–H groups in total. The van der Waals surface area contributed by atoms with Crippen molar-refractivity contribution in [2.24, 2.45) is 0 Å². The van der Waals surface area contributed by atoms with E-state index in [1.807, 2.05) is 0 Å². The zero-order valence-corrected chi connectivity index (χ0v) is 21.8. The maximum Gasteiger partial charge on any atom is 0.210 e. The Bertz CT molecular complexity index is 1600. The first-order chi connectivity index (χ1) is 18.2. The zero-order chi connectivity index (χ0) is 25.1. The summed E-state index contributed by atoms with van der Waals surface area (Å²) in [6, 6.07) is 43.5. The number of hydrogen-bond acceptors (Lipinski definition) is 0. The molecule has 178 valence electrons. The van der Waals surface area contributed by atoms with Crippen LogP contribution in [0.3, 0.4) is 0 Å². The number of hydrogen-bond donors (Lipinski definition) is 0. The van der Waals surface area contributed by atoms with Crippen molar-refractivity contribution in [3.05, 3.63) is 143 Å². The van der Waals surface area contributed by atoms with Crippen molar-refractivity contribution < 1.29 is 0 Å². The van der Waals surface area contributed by atoms with Gasteiger partial charge in [-0.15, -0.1) is 0 Å². The van der Waals surface area contributed by atoms with Gasteiger partial charge in [0.05, 0.1) is 5.41 Å². The molecule has 2 aliphatic rings. The van der Waals surface area contributed by atoms with Crippen LogP contribution < -0.4 is 10.9 Å². The highest BCUT2D eigenvalue weighted by Crippen LogP contribution is 2.57. The predicted molar refractivity (Wildman–Crippen MR) is 159 cm³/mol. The minimum Gasteiger partial charge on any atom is -0.0712 e. The van der Waals surface area contributed by atoms with Gasteiger partial charge in [0.1, 0.15) is 0 Å². The van der Waals surface area contributed by atoms with Gasteiger partial charge in [-0.1, -0.05) is 153 Å². The predicted octanol–water partition coefficient (Wildman–Crippen LogP) is 7.78. The highest BCUT2D eigenvalue weighted by molar-refractivity contribution is 6.87. The van der Waals surface area contributed by atoms with E-state index < -0.39 is 0 Å². The summed E-state index contributed by atoms with van der Waals surface area (Å²) in [6.07, 6.45) is 1.07. The second-order valence-corrected chi connectivity index (χ2v) is 10.9. The van der Waals surface area contributed by atoms with Gasteiger partial charge in [-0.3, -0.25) is 0 Å². The van der Waals surface area contributed by atoms with Crippen molar-refractivity contribution in [2.75, 3.05) is 0 Å². The van der Waals surface area contributed by atoms with Gasteiger partial charge in [-0.2, -0.15) is 0 Å². The van der Waals surface area contributed by atoms with E-state index in [4.69, 9.17) is 0 Å². The summed E-state index contributed by atoms with van der Waals surface area (Å²) in [4.78, 5) is 0. The standard InChI is InChI=1S/C36H31B/c1-4-37-33-21-13-12-20-31(33)36(29-18-10-8-16-27(29)28-17-9-11-19-30(28)36)32-23-22-26(24(2)3)34(35(32)37)25-14-6-5-7-15-25/h5-24H,4H2,1-3H3. The van der Waals surface area contributed by atoms with Crippen LogP contribution >= 0.6 is 0 Å². The van der Waals surface area contributed by atoms with Gasteiger partial charge in [0.2, 0.25) is 6.71 Å². The summed E-state index contributed by atoms with van der Waals surface area (Å²) in [5, 5.41) is 0. The van der Waals surface area contributed by atoms with E-state index in [9.17, 15) is 0 Å². The molecule has 5 aromatic carbocycles. The Hall–Kier alpha value is -3.84. The summed E-state index contributed by atoms with van der Waals surface area (Å²) in [5.41, 5.74) is 15.3. The zero-order valence-electron chi connectivity index (χ0n) is 21.8. The van der Waals surface area contributed by atoms with Crippen LogP contribution in [0, 0.1) is 0 Å². The van der Waals surface area contributed by atoms with E-state index in [1.54, 1.807) is 0 Å². The van der Waals surface area contributed by atoms with Crippen molar-refractivity contribution in [3.8, 4) is 22.3 Å². The van der Waals surface area contributed by atoms with Crippen LogP contribution in [-0.4, -0.2) is 6.71 Å². The Morgan fingerprint density at radius 3 is 1.78 bits per heavy atom. The molecule has 1 aliphatic carbocycles. The van der Waals surface area contributed by atoms with Gasteiger partial charge in [0.15, 0.2) is 0 Å². The minimum absolute atomic E-state index is 0.316. The topological polar surface area (TPSA) is 0 Å². The molecule has 0 nitrogen and oxygen atoms in total. The summed E-state index contributed by atoms with van der Waals surface area (Å²) >= 11 is 0. The van der Waals surface area contributed by atoms with Crippen LogP contribution in [0.25, 0.3) is 22.3 Å². The molecular formula is C36H31B. The molecule has 1 heteroatoms. The smallest absolute Gasteiger partial charge is 0.0712 e. The maximum absolute atomic E-state index is 2.48. The normalized spacial score (nSPS) is 14.3. The third-order valence-corrected chi connectivity index (χ3v) is 8.82. The molecule has 1 aliphatic heterocycles. The lowest BCUT2D eigenvalue weighted by molar-refractivity contribution is 0.771. The number of benzene rings is 5. The quantitative estimate of drug-likeness (QED) is 0.230. The maximum atomic E-state index is 2.48. The van der Waals surface area contributed by atoms with Gasteiger partial charge in [-0.25, -0.2) is 0 Å². The average molecular weight is 474 g/mol. The molecule has 7 rings (SSSR count). The fourth-order valence-electron chi connectivity index (χ4n) is 7.42. The third-order valence-electron chi connectivity index (χ3n) is 8.82. The average Bonchev–Trinajstić information content (AvgIpc) is 3.24. The van der Waals surface area contributed by atoms with E-state index in [0.29, 0.717) is 12.6 Å². The lowest BCUT2D eigenvalue weighted by atomic mass is 9.31. The molecule has 1 heterocycles. The molecule has 0 radical (unpaired) electrons. The molecule has 0 amide bonds. The fourth-order valence-corrected chi connectivity index (χ4v) is 7.42. The summed E-state index contributed by atoms with van der Waals surface area (Å²) in [5.74, 6) is 0.439. The molecule has 5 aromatic rings. The van der Waals surface area contributed by atoms with Crippen LogP contribution in [0.4, 0.5) is 0 Å². The van der Waals surface area contributed by atoms with Crippen LogP contribution in [0.5, 0.6) is 0 Å². The summed E-state index contributed by atoms with van der Waals surface area (Å²) < 4.78 is 0. The Balaban J connectivity index is 1.71. The number of rotatable bonds is 3. The van der Waals surface area contributed by atoms with Crippen molar-refractivity contribution in [1.29, 1.82) is 0 Å². The third kappa shape index (κ3) is 2.92. The molecule has 0 saturated heterocycles. The summed E-state index contributed by atoms with van der Waals surface area (Å²) in [7, 11) is 0. The van der Waals surface area contributed by atoms with E-state index in [2.05, 4.69) is 136 Å². The highest BCUT2D eigenvalue weighted by atomic mass is 14.5. The van der Waals surface area contributed by atoms with E-state index >= 15 is 0 Å². The first-order valence-electron chi connectivity index (χ1n) is 13.7. The molecule has 0 aromatic heterocycles. The van der Waals surface area contributed by atoms with E-state index in [-0.39, 0.29) is 5.41 Å². The van der Waals surface area contributed by atoms with E-state index in [0.717, 1.165) is 6.32 Å². The second kappa shape index (κ2) is 8.35. The van der Waals surface area contributed by atoms with Crippen molar-refractivity contribution in [3.63, 3.8) is 0 Å². The molecule has 1 spiro atoms. The Morgan fingerprint density at radius 1 is 0.595 bits per heavy atom. The lowest BCUT2D eigenvalue weighted by Gasteiger charge is -2.44. The van der Waals surface area contributed by atoms with Crippen LogP contribution in [0.2, 0.25) is 6.32 Å². The molecule has 0 bridgehead atoms. The van der Waals surface area contributed by atoms with Crippen molar-refractivity contribution in [2.45, 2.75) is 38.4 Å². The van der Waals surface area contributed by atoms with Crippen LogP contribution in [-0.2, 0) is 5.41 Å². The minimum atomic E-state index is -0.316. The molecule has 0 atom stereocenters. The second-order valence-electron chi connectivity index (χ2n) is 10.9. The first kappa shape index (κ1) is 22.4. The number of fused-ring (bicyclic) bond motifs is 9. The van der Waals surface area contributed by atoms with Gasteiger partial charge < -0.3 is 0 Å². The molecular weight excluding hydrogens is 443 g/mol. The molecule has 0 unspecified atom stereocenters. The van der Waals surface area contributed by atoms with Crippen LogP contribution in [0.1, 0.15) is 54.5 Å². The fraction of sp³-hybridized carbons (Fsp3) is 0.167. The lowest BCUT2D eigenvalue weighted by Crippen LogP contribution is -2.56. The molecule has 37 heavy (non-hydrogen) atoms. The summed E-state index contributed by atoms with van der Waals surface area (Å²) in [6.45, 7) is 7.38. The van der Waals surface area contributed by atoms with Gasteiger partial charge in [0.25, 0.3) is 0 Å². The molecule has 0 saturated carbocycles. The molecule has 0 fully saturated rings. The Labute approximate surface area is 221 Å². The SMILES string of the molecule is CCB1c2ccccc2C2(c3ccccc3-c3ccccc32)c2ccc(C(C)C)c(-c3ccccc3)c21. The Morgan fingerprint density at radius 2 is 1.16 bits per heavy atom.